The highest BCUT2D eigenvalue weighted by atomic mass is 79.9. The summed E-state index contributed by atoms with van der Waals surface area (Å²) in [6, 6.07) is 4.48. The Morgan fingerprint density at radius 1 is 1.32 bits per heavy atom. The van der Waals surface area contributed by atoms with Gasteiger partial charge in [0.1, 0.15) is 5.75 Å². The molecular formula is C16H24BrNO. The molecule has 0 unspecified atom stereocenters. The number of methoxy groups -OCH3 is 1. The maximum atomic E-state index is 6.13. The van der Waals surface area contributed by atoms with Gasteiger partial charge < -0.3 is 10.5 Å². The first-order valence-corrected chi connectivity index (χ1v) is 7.91. The van der Waals surface area contributed by atoms with Crippen molar-refractivity contribution in [3.8, 4) is 5.75 Å². The van der Waals surface area contributed by atoms with Crippen molar-refractivity contribution < 1.29 is 4.74 Å². The fourth-order valence-corrected chi connectivity index (χ4v) is 3.82. The molecule has 0 heterocycles. The number of hydrogen-bond acceptors (Lipinski definition) is 2. The maximum absolute atomic E-state index is 6.13. The third-order valence-electron chi connectivity index (χ3n) is 4.46. The summed E-state index contributed by atoms with van der Waals surface area (Å²) >= 11 is 3.66. The molecule has 3 heteroatoms. The van der Waals surface area contributed by atoms with E-state index in [2.05, 4.69) is 41.9 Å². The van der Waals surface area contributed by atoms with Gasteiger partial charge >= 0.3 is 0 Å². The van der Waals surface area contributed by atoms with Crippen LogP contribution in [0.1, 0.15) is 56.6 Å². The van der Waals surface area contributed by atoms with Crippen molar-refractivity contribution in [3.63, 3.8) is 0 Å². The number of ether oxygens (including phenoxy) is 1. The van der Waals surface area contributed by atoms with Crippen LogP contribution in [0.4, 0.5) is 0 Å². The smallest absolute Gasteiger partial charge is 0.136 e. The first-order chi connectivity index (χ1) is 9.04. The van der Waals surface area contributed by atoms with Crippen molar-refractivity contribution in [2.45, 2.75) is 50.9 Å². The Kier molecular flexibility index (Phi) is 4.57. The van der Waals surface area contributed by atoms with E-state index in [1.807, 2.05) is 0 Å². The third-order valence-corrected chi connectivity index (χ3v) is 5.05. The van der Waals surface area contributed by atoms with Crippen molar-refractivity contribution in [2.75, 3.05) is 13.7 Å². The highest BCUT2D eigenvalue weighted by molar-refractivity contribution is 9.10. The van der Waals surface area contributed by atoms with Gasteiger partial charge in [-0.15, -0.1) is 0 Å². The lowest BCUT2D eigenvalue weighted by molar-refractivity contribution is 0.375. The molecule has 1 aliphatic carbocycles. The van der Waals surface area contributed by atoms with Crippen LogP contribution < -0.4 is 10.5 Å². The molecule has 1 aliphatic rings. The molecule has 2 rings (SSSR count). The van der Waals surface area contributed by atoms with E-state index in [9.17, 15) is 0 Å². The van der Waals surface area contributed by atoms with E-state index in [-0.39, 0.29) is 5.41 Å². The average molecular weight is 326 g/mol. The number of nitrogens with two attached hydrogens (primary N) is 1. The van der Waals surface area contributed by atoms with E-state index >= 15 is 0 Å². The van der Waals surface area contributed by atoms with Crippen LogP contribution >= 0.6 is 15.9 Å². The Bertz CT molecular complexity index is 450. The Morgan fingerprint density at radius 3 is 2.42 bits per heavy atom. The molecule has 2 nitrogen and oxygen atoms in total. The molecule has 0 atom stereocenters. The number of halogens is 1. The molecule has 0 bridgehead atoms. The molecule has 0 spiro atoms. The van der Waals surface area contributed by atoms with Gasteiger partial charge in [0.25, 0.3) is 0 Å². The van der Waals surface area contributed by atoms with Crippen LogP contribution in [0, 0.1) is 0 Å². The van der Waals surface area contributed by atoms with Crippen molar-refractivity contribution in [1.29, 1.82) is 0 Å². The predicted molar refractivity (Wildman–Crippen MR) is 84.0 cm³/mol. The summed E-state index contributed by atoms with van der Waals surface area (Å²) in [5.74, 6) is 1.48. The maximum Gasteiger partial charge on any atom is 0.136 e. The SMILES string of the molecule is COc1c(Br)cc(C(C)C)cc1C1(CN)CCCC1. The average Bonchev–Trinajstić information content (AvgIpc) is 2.87. The second-order valence-electron chi connectivity index (χ2n) is 5.93. The van der Waals surface area contributed by atoms with Crippen molar-refractivity contribution >= 4 is 15.9 Å². The molecule has 1 aromatic carbocycles. The number of rotatable bonds is 4. The fourth-order valence-electron chi connectivity index (χ4n) is 3.18. The van der Waals surface area contributed by atoms with Crippen LogP contribution in [-0.2, 0) is 5.41 Å². The van der Waals surface area contributed by atoms with Gasteiger partial charge in [-0.3, -0.25) is 0 Å². The van der Waals surface area contributed by atoms with Gasteiger partial charge in [0.15, 0.2) is 0 Å². The van der Waals surface area contributed by atoms with Crippen molar-refractivity contribution in [3.05, 3.63) is 27.7 Å². The lowest BCUT2D eigenvalue weighted by Crippen LogP contribution is -2.32. The first-order valence-electron chi connectivity index (χ1n) is 7.12. The standard InChI is InChI=1S/C16H24BrNO/c1-11(2)12-8-13(15(19-3)14(17)9-12)16(10-18)6-4-5-7-16/h8-9,11H,4-7,10,18H2,1-3H3. The van der Waals surface area contributed by atoms with Crippen LogP contribution in [0.15, 0.2) is 16.6 Å². The summed E-state index contributed by atoms with van der Waals surface area (Å²) in [5, 5.41) is 0. The summed E-state index contributed by atoms with van der Waals surface area (Å²) in [6.45, 7) is 5.15. The van der Waals surface area contributed by atoms with E-state index < -0.39 is 0 Å². The van der Waals surface area contributed by atoms with E-state index in [0.29, 0.717) is 12.5 Å². The van der Waals surface area contributed by atoms with E-state index in [1.165, 1.54) is 36.8 Å². The topological polar surface area (TPSA) is 35.2 Å². The molecule has 2 N–H and O–H groups in total. The minimum Gasteiger partial charge on any atom is -0.495 e. The van der Waals surface area contributed by atoms with Crippen LogP contribution in [0.3, 0.4) is 0 Å². The molecule has 0 radical (unpaired) electrons. The minimum atomic E-state index is 0.110. The Hall–Kier alpha value is -0.540. The molecule has 0 aromatic heterocycles. The van der Waals surface area contributed by atoms with E-state index in [1.54, 1.807) is 7.11 Å². The Labute approximate surface area is 124 Å². The van der Waals surface area contributed by atoms with Gasteiger partial charge in [-0.05, 0) is 46.3 Å². The predicted octanol–water partition coefficient (Wildman–Crippen LogP) is 4.35. The van der Waals surface area contributed by atoms with E-state index in [4.69, 9.17) is 10.5 Å². The summed E-state index contributed by atoms with van der Waals surface area (Å²) in [7, 11) is 1.75. The summed E-state index contributed by atoms with van der Waals surface area (Å²) in [5.41, 5.74) is 8.89. The molecule has 19 heavy (non-hydrogen) atoms. The van der Waals surface area contributed by atoms with Gasteiger partial charge in [-0.1, -0.05) is 32.8 Å². The van der Waals surface area contributed by atoms with Gasteiger partial charge in [-0.2, -0.15) is 0 Å². The molecule has 1 fully saturated rings. The third kappa shape index (κ3) is 2.68. The summed E-state index contributed by atoms with van der Waals surface area (Å²) in [4.78, 5) is 0. The van der Waals surface area contributed by atoms with Crippen LogP contribution in [0.25, 0.3) is 0 Å². The lowest BCUT2D eigenvalue weighted by Gasteiger charge is -2.31. The van der Waals surface area contributed by atoms with Crippen LogP contribution in [0.5, 0.6) is 5.75 Å². The fraction of sp³-hybridized carbons (Fsp3) is 0.625. The molecular weight excluding hydrogens is 302 g/mol. The number of benzene rings is 1. The lowest BCUT2D eigenvalue weighted by atomic mass is 9.77. The monoisotopic (exact) mass is 325 g/mol. The summed E-state index contributed by atoms with van der Waals surface area (Å²) in [6.07, 6.45) is 4.88. The highest BCUT2D eigenvalue weighted by Crippen LogP contribution is 2.47. The molecule has 1 aromatic rings. The largest absolute Gasteiger partial charge is 0.495 e. The number of hydrogen-bond donors (Lipinski definition) is 1. The second-order valence-corrected chi connectivity index (χ2v) is 6.78. The molecule has 0 amide bonds. The van der Waals surface area contributed by atoms with Gasteiger partial charge in [-0.25, -0.2) is 0 Å². The zero-order valence-electron chi connectivity index (χ0n) is 12.1. The summed E-state index contributed by atoms with van der Waals surface area (Å²) < 4.78 is 6.70. The van der Waals surface area contributed by atoms with Gasteiger partial charge in [0.2, 0.25) is 0 Å². The normalized spacial score (nSPS) is 18.0. The molecule has 0 aliphatic heterocycles. The Balaban J connectivity index is 2.58. The molecule has 106 valence electrons. The van der Waals surface area contributed by atoms with Gasteiger partial charge in [0, 0.05) is 17.5 Å². The van der Waals surface area contributed by atoms with Gasteiger partial charge in [0.05, 0.1) is 11.6 Å². The second kappa shape index (κ2) is 5.84. The highest BCUT2D eigenvalue weighted by Gasteiger charge is 2.37. The van der Waals surface area contributed by atoms with Crippen LogP contribution in [0.2, 0.25) is 0 Å². The minimum absolute atomic E-state index is 0.110. The quantitative estimate of drug-likeness (QED) is 0.893. The zero-order valence-corrected chi connectivity index (χ0v) is 13.7. The van der Waals surface area contributed by atoms with Crippen molar-refractivity contribution in [1.82, 2.24) is 0 Å². The molecule has 1 saturated carbocycles. The zero-order chi connectivity index (χ0) is 14.0. The first kappa shape index (κ1) is 14.9. The Morgan fingerprint density at radius 2 is 1.95 bits per heavy atom. The van der Waals surface area contributed by atoms with Crippen LogP contribution in [-0.4, -0.2) is 13.7 Å². The molecule has 0 saturated heterocycles. The van der Waals surface area contributed by atoms with Crippen molar-refractivity contribution in [2.24, 2.45) is 5.73 Å². The van der Waals surface area contributed by atoms with E-state index in [0.717, 1.165) is 10.2 Å².